The highest BCUT2D eigenvalue weighted by atomic mass is 16.5. The van der Waals surface area contributed by atoms with Crippen LogP contribution in [-0.2, 0) is 4.74 Å². The van der Waals surface area contributed by atoms with Crippen LogP contribution in [0.2, 0.25) is 0 Å². The fraction of sp³-hybridized carbons (Fsp3) is 0.263. The standard InChI is InChI=1S/C19H22N2O4/c1-13-7-6-8-14(2)17(13)25-12-11-20-19(23)21-16-10-5-4-9-15(16)18(22)24-3/h4-10H,11-12H2,1-3H3,(H2,20,21,23). The third-order valence-electron chi connectivity index (χ3n) is 3.62. The minimum Gasteiger partial charge on any atom is -0.491 e. The van der Waals surface area contributed by atoms with Gasteiger partial charge in [0, 0.05) is 0 Å². The Hall–Kier alpha value is -3.02. The summed E-state index contributed by atoms with van der Waals surface area (Å²) in [6.07, 6.45) is 0. The minimum atomic E-state index is -0.505. The number of carbonyl (C=O) groups excluding carboxylic acids is 2. The predicted molar refractivity (Wildman–Crippen MR) is 96.2 cm³/mol. The van der Waals surface area contributed by atoms with Gasteiger partial charge in [0.15, 0.2) is 0 Å². The maximum atomic E-state index is 12.0. The van der Waals surface area contributed by atoms with E-state index in [2.05, 4.69) is 10.6 Å². The second-order valence-corrected chi connectivity index (χ2v) is 5.49. The van der Waals surface area contributed by atoms with Crippen molar-refractivity contribution in [3.8, 4) is 5.75 Å². The number of ether oxygens (including phenoxy) is 2. The Morgan fingerprint density at radius 2 is 1.68 bits per heavy atom. The first kappa shape index (κ1) is 18.3. The first-order chi connectivity index (χ1) is 12.0. The SMILES string of the molecule is COC(=O)c1ccccc1NC(=O)NCCOc1c(C)cccc1C. The van der Waals surface area contributed by atoms with Crippen LogP contribution < -0.4 is 15.4 Å². The molecule has 132 valence electrons. The molecule has 2 N–H and O–H groups in total. The van der Waals surface area contributed by atoms with Crippen molar-refractivity contribution in [2.45, 2.75) is 13.8 Å². The van der Waals surface area contributed by atoms with Crippen LogP contribution in [0.15, 0.2) is 42.5 Å². The normalized spacial score (nSPS) is 10.0. The molecule has 0 heterocycles. The van der Waals surface area contributed by atoms with Gasteiger partial charge in [0.2, 0.25) is 0 Å². The van der Waals surface area contributed by atoms with Crippen LogP contribution in [0.4, 0.5) is 10.5 Å². The Bertz CT molecular complexity index is 739. The summed E-state index contributed by atoms with van der Waals surface area (Å²) in [5.74, 6) is 0.329. The molecule has 2 rings (SSSR count). The number of hydrogen-bond acceptors (Lipinski definition) is 4. The smallest absolute Gasteiger partial charge is 0.339 e. The Morgan fingerprint density at radius 1 is 1.00 bits per heavy atom. The number of carbonyl (C=O) groups is 2. The van der Waals surface area contributed by atoms with Gasteiger partial charge in [0.05, 0.1) is 24.9 Å². The number of urea groups is 1. The van der Waals surface area contributed by atoms with Crippen LogP contribution in [0.5, 0.6) is 5.75 Å². The van der Waals surface area contributed by atoms with E-state index < -0.39 is 12.0 Å². The van der Waals surface area contributed by atoms with E-state index in [1.807, 2.05) is 32.0 Å². The second-order valence-electron chi connectivity index (χ2n) is 5.49. The largest absolute Gasteiger partial charge is 0.491 e. The molecule has 0 radical (unpaired) electrons. The zero-order valence-corrected chi connectivity index (χ0v) is 14.6. The third kappa shape index (κ3) is 4.97. The second kappa shape index (κ2) is 8.73. The molecule has 0 aliphatic heterocycles. The summed E-state index contributed by atoms with van der Waals surface area (Å²) in [5.41, 5.74) is 2.79. The van der Waals surface area contributed by atoms with Crippen molar-refractivity contribution in [1.29, 1.82) is 0 Å². The van der Waals surface area contributed by atoms with Crippen molar-refractivity contribution in [1.82, 2.24) is 5.32 Å². The Morgan fingerprint density at radius 3 is 2.36 bits per heavy atom. The van der Waals surface area contributed by atoms with Gasteiger partial charge in [-0.05, 0) is 37.1 Å². The highest BCUT2D eigenvalue weighted by molar-refractivity contribution is 6.00. The van der Waals surface area contributed by atoms with Crippen molar-refractivity contribution in [2.24, 2.45) is 0 Å². The fourth-order valence-corrected chi connectivity index (χ4v) is 2.39. The molecule has 0 unspecified atom stereocenters. The highest BCUT2D eigenvalue weighted by Gasteiger charge is 2.13. The zero-order chi connectivity index (χ0) is 18.2. The molecule has 0 spiro atoms. The van der Waals surface area contributed by atoms with Crippen LogP contribution >= 0.6 is 0 Å². The van der Waals surface area contributed by atoms with E-state index >= 15 is 0 Å². The molecule has 6 heteroatoms. The Balaban J connectivity index is 1.85. The molecule has 2 amide bonds. The first-order valence-corrected chi connectivity index (χ1v) is 7.94. The number of anilines is 1. The topological polar surface area (TPSA) is 76.7 Å². The molecule has 0 atom stereocenters. The number of nitrogens with one attached hydrogen (secondary N) is 2. The Labute approximate surface area is 147 Å². The lowest BCUT2D eigenvalue weighted by atomic mass is 10.1. The van der Waals surface area contributed by atoms with E-state index in [0.29, 0.717) is 24.4 Å². The van der Waals surface area contributed by atoms with Crippen LogP contribution in [0.1, 0.15) is 21.5 Å². The monoisotopic (exact) mass is 342 g/mol. The summed E-state index contributed by atoms with van der Waals surface area (Å²) in [6.45, 7) is 4.64. The zero-order valence-electron chi connectivity index (χ0n) is 14.6. The summed E-state index contributed by atoms with van der Waals surface area (Å²) in [4.78, 5) is 23.7. The fourth-order valence-electron chi connectivity index (χ4n) is 2.39. The van der Waals surface area contributed by atoms with Crippen molar-refractivity contribution in [2.75, 3.05) is 25.6 Å². The third-order valence-corrected chi connectivity index (χ3v) is 3.62. The van der Waals surface area contributed by atoms with E-state index in [-0.39, 0.29) is 0 Å². The van der Waals surface area contributed by atoms with Crippen LogP contribution in [0.3, 0.4) is 0 Å². The van der Waals surface area contributed by atoms with Crippen LogP contribution in [-0.4, -0.2) is 32.3 Å². The van der Waals surface area contributed by atoms with Crippen molar-refractivity contribution >= 4 is 17.7 Å². The summed E-state index contributed by atoms with van der Waals surface area (Å²) < 4.78 is 10.4. The van der Waals surface area contributed by atoms with Crippen molar-refractivity contribution in [3.05, 3.63) is 59.2 Å². The number of aryl methyl sites for hydroxylation is 2. The first-order valence-electron chi connectivity index (χ1n) is 7.94. The summed E-state index contributed by atoms with van der Waals surface area (Å²) in [5, 5.41) is 5.34. The Kier molecular flexibility index (Phi) is 6.39. The average Bonchev–Trinajstić information content (AvgIpc) is 2.60. The van der Waals surface area contributed by atoms with Gasteiger partial charge in [0.1, 0.15) is 12.4 Å². The van der Waals surface area contributed by atoms with E-state index in [1.54, 1.807) is 24.3 Å². The van der Waals surface area contributed by atoms with Crippen LogP contribution in [0.25, 0.3) is 0 Å². The van der Waals surface area contributed by atoms with E-state index in [9.17, 15) is 9.59 Å². The van der Waals surface area contributed by atoms with Crippen molar-refractivity contribution in [3.63, 3.8) is 0 Å². The van der Waals surface area contributed by atoms with Gasteiger partial charge >= 0.3 is 12.0 Å². The average molecular weight is 342 g/mol. The van der Waals surface area contributed by atoms with Gasteiger partial charge in [0.25, 0.3) is 0 Å². The number of esters is 1. The highest BCUT2D eigenvalue weighted by Crippen LogP contribution is 2.22. The summed E-state index contributed by atoms with van der Waals surface area (Å²) in [6, 6.07) is 12.2. The lowest BCUT2D eigenvalue weighted by Gasteiger charge is -2.13. The number of rotatable bonds is 6. The predicted octanol–water partition coefficient (Wildman–Crippen LogP) is 3.29. The van der Waals surface area contributed by atoms with Gasteiger partial charge in [-0.2, -0.15) is 0 Å². The van der Waals surface area contributed by atoms with Crippen molar-refractivity contribution < 1.29 is 19.1 Å². The number of amides is 2. The maximum Gasteiger partial charge on any atom is 0.339 e. The van der Waals surface area contributed by atoms with E-state index in [0.717, 1.165) is 16.9 Å². The molecule has 6 nitrogen and oxygen atoms in total. The van der Waals surface area contributed by atoms with Gasteiger partial charge in [-0.3, -0.25) is 0 Å². The van der Waals surface area contributed by atoms with E-state index in [4.69, 9.17) is 9.47 Å². The number of hydrogen-bond donors (Lipinski definition) is 2. The quantitative estimate of drug-likeness (QED) is 0.624. The molecule has 0 bridgehead atoms. The van der Waals surface area contributed by atoms with E-state index in [1.165, 1.54) is 7.11 Å². The van der Waals surface area contributed by atoms with Gasteiger partial charge < -0.3 is 20.1 Å². The molecular weight excluding hydrogens is 320 g/mol. The molecule has 25 heavy (non-hydrogen) atoms. The molecule has 0 saturated heterocycles. The minimum absolute atomic E-state index is 0.298. The molecule has 0 aliphatic carbocycles. The number of benzene rings is 2. The van der Waals surface area contributed by atoms with Gasteiger partial charge in [-0.25, -0.2) is 9.59 Å². The number of para-hydroxylation sites is 2. The molecule has 0 saturated carbocycles. The molecule has 2 aromatic carbocycles. The summed E-state index contributed by atoms with van der Waals surface area (Å²) in [7, 11) is 1.30. The molecule has 0 aromatic heterocycles. The van der Waals surface area contributed by atoms with Crippen LogP contribution in [0, 0.1) is 13.8 Å². The summed E-state index contributed by atoms with van der Waals surface area (Å²) >= 11 is 0. The molecule has 0 aliphatic rings. The molecular formula is C19H22N2O4. The molecule has 2 aromatic rings. The van der Waals surface area contributed by atoms with Gasteiger partial charge in [-0.15, -0.1) is 0 Å². The molecule has 0 fully saturated rings. The number of methoxy groups -OCH3 is 1. The lowest BCUT2D eigenvalue weighted by molar-refractivity contribution is 0.0602. The lowest BCUT2D eigenvalue weighted by Crippen LogP contribution is -2.32. The maximum absolute atomic E-state index is 12.0. The van der Waals surface area contributed by atoms with Gasteiger partial charge in [-0.1, -0.05) is 30.3 Å².